The van der Waals surface area contributed by atoms with Gasteiger partial charge in [-0.05, 0) is 32.5 Å². The number of aromatic nitrogens is 1. The summed E-state index contributed by atoms with van der Waals surface area (Å²) < 4.78 is 6.79. The average Bonchev–Trinajstić information content (AvgIpc) is 3.62. The van der Waals surface area contributed by atoms with Crippen LogP contribution in [0.5, 0.6) is 0 Å². The molecule has 0 spiro atoms. The Balaban J connectivity index is 0.000000196. The van der Waals surface area contributed by atoms with E-state index in [2.05, 4.69) is 111 Å². The molecule has 5 aromatic carbocycles. The maximum Gasteiger partial charge on any atom is 0.501 e. The van der Waals surface area contributed by atoms with Gasteiger partial charge in [0.25, 0.3) is 11.4 Å². The minimum Gasteiger partial charge on any atom is -0.305 e. The zero-order valence-corrected chi connectivity index (χ0v) is 25.1. The van der Waals surface area contributed by atoms with Gasteiger partial charge >= 0.3 is 6.01 Å². The molecule has 1 aliphatic heterocycles. The van der Waals surface area contributed by atoms with E-state index in [9.17, 15) is 0 Å². The first kappa shape index (κ1) is 26.7. The van der Waals surface area contributed by atoms with E-state index in [0.717, 1.165) is 34.0 Å². The Morgan fingerprint density at radius 2 is 1.34 bits per heavy atom. The smallest absolute Gasteiger partial charge is 0.305 e. The molecule has 0 fully saturated rings. The van der Waals surface area contributed by atoms with Gasteiger partial charge in [-0.3, -0.25) is 0 Å². The van der Waals surface area contributed by atoms with Crippen LogP contribution in [0.15, 0.2) is 140 Å². The quantitative estimate of drug-likeness (QED) is 0.132. The van der Waals surface area contributed by atoms with Gasteiger partial charge in [-0.2, -0.15) is 23.5 Å². The summed E-state index contributed by atoms with van der Waals surface area (Å²) in [7, 11) is 0. The van der Waals surface area contributed by atoms with E-state index in [1.807, 2.05) is 65.9 Å². The number of fused-ring (bicyclic) bond motifs is 4. The van der Waals surface area contributed by atoms with Crippen LogP contribution in [0.25, 0.3) is 31.4 Å². The monoisotopic (exact) mass is 722 g/mol. The Morgan fingerprint density at radius 3 is 2.12 bits per heavy atom. The summed E-state index contributed by atoms with van der Waals surface area (Å²) in [6.07, 6.45) is 1.79. The summed E-state index contributed by atoms with van der Waals surface area (Å²) in [5.74, 6) is 0. The number of pyridine rings is 1. The Hall–Kier alpha value is -4.50. The van der Waals surface area contributed by atoms with Gasteiger partial charge < -0.3 is 4.98 Å². The molecule has 3 heterocycles. The van der Waals surface area contributed by atoms with Gasteiger partial charge in [0.05, 0.1) is 0 Å². The van der Waals surface area contributed by atoms with Crippen LogP contribution in [-0.2, 0) is 20.1 Å². The second-order valence-corrected chi connectivity index (χ2v) is 10.3. The maximum absolute atomic E-state index is 4.22. The summed E-state index contributed by atoms with van der Waals surface area (Å²) in [4.78, 5) is 4.22. The average molecular weight is 722 g/mol. The van der Waals surface area contributed by atoms with Crippen molar-refractivity contribution in [2.24, 2.45) is 0 Å². The minimum atomic E-state index is 0. The number of rotatable bonds is 3. The SMILES string of the molecule is C1=[N+](c2ccccc2)c2ccccc2[N+]=1c1[c-]ccc2c1sc1ccccc12.[Ir].[c-]1ccccc1-c1ccccn1. The second-order valence-electron chi connectivity index (χ2n) is 9.25. The molecule has 0 atom stereocenters. The van der Waals surface area contributed by atoms with E-state index in [4.69, 9.17) is 0 Å². The van der Waals surface area contributed by atoms with E-state index >= 15 is 0 Å². The molecule has 0 N–H and O–H groups in total. The van der Waals surface area contributed by atoms with E-state index in [0.29, 0.717) is 0 Å². The first-order chi connectivity index (χ1) is 19.9. The van der Waals surface area contributed by atoms with E-state index in [-0.39, 0.29) is 20.1 Å². The van der Waals surface area contributed by atoms with Gasteiger partial charge in [0.15, 0.2) is 0 Å². The molecule has 3 nitrogen and oxygen atoms in total. The molecule has 0 aliphatic carbocycles. The summed E-state index contributed by atoms with van der Waals surface area (Å²) in [6.45, 7) is 0. The first-order valence-electron chi connectivity index (χ1n) is 13.1. The predicted molar refractivity (Wildman–Crippen MR) is 167 cm³/mol. The van der Waals surface area contributed by atoms with Gasteiger partial charge in [0.2, 0.25) is 5.69 Å². The number of benzene rings is 5. The van der Waals surface area contributed by atoms with Gasteiger partial charge in [-0.25, -0.2) is 0 Å². The summed E-state index contributed by atoms with van der Waals surface area (Å²) in [6, 6.07) is 55.4. The van der Waals surface area contributed by atoms with Crippen LogP contribution in [0.2, 0.25) is 0 Å². The summed E-state index contributed by atoms with van der Waals surface area (Å²) >= 11 is 1.82. The van der Waals surface area contributed by atoms with Crippen molar-refractivity contribution in [2.75, 3.05) is 0 Å². The van der Waals surface area contributed by atoms with E-state index in [1.54, 1.807) is 6.20 Å². The fraction of sp³-hybridized carbons (Fsp3) is 0. The van der Waals surface area contributed by atoms with Crippen LogP contribution in [-0.4, -0.2) is 11.0 Å². The number of hydrogen-bond donors (Lipinski definition) is 0. The van der Waals surface area contributed by atoms with Crippen molar-refractivity contribution in [1.82, 2.24) is 14.1 Å². The van der Waals surface area contributed by atoms with Crippen molar-refractivity contribution >= 4 is 60.3 Å². The molecule has 0 amide bonds. The van der Waals surface area contributed by atoms with Crippen LogP contribution in [0, 0.1) is 12.1 Å². The Morgan fingerprint density at radius 1 is 0.610 bits per heavy atom. The third-order valence-corrected chi connectivity index (χ3v) is 7.96. The van der Waals surface area contributed by atoms with Crippen molar-refractivity contribution in [1.29, 1.82) is 0 Å². The van der Waals surface area contributed by atoms with Gasteiger partial charge in [0.1, 0.15) is 5.69 Å². The molecule has 0 bridgehead atoms. The van der Waals surface area contributed by atoms with Crippen molar-refractivity contribution in [3.8, 4) is 11.3 Å². The third-order valence-electron chi connectivity index (χ3n) is 6.77. The molecule has 0 saturated heterocycles. The van der Waals surface area contributed by atoms with Crippen LogP contribution >= 0.6 is 11.3 Å². The predicted octanol–water partition coefficient (Wildman–Crippen LogP) is 9.26. The Labute approximate surface area is 256 Å². The molecule has 0 unspecified atom stereocenters. The first-order valence-corrected chi connectivity index (χ1v) is 13.9. The zero-order valence-electron chi connectivity index (χ0n) is 21.9. The van der Waals surface area contributed by atoms with Crippen molar-refractivity contribution in [3.63, 3.8) is 0 Å². The second kappa shape index (κ2) is 11.9. The number of thiophene rings is 1. The summed E-state index contributed by atoms with van der Waals surface area (Å²) in [5.41, 5.74) is 6.40. The molecule has 7 aromatic rings. The van der Waals surface area contributed by atoms with Gasteiger partial charge in [-0.1, -0.05) is 65.2 Å². The number of para-hydroxylation sites is 3. The minimum absolute atomic E-state index is 0. The fourth-order valence-electron chi connectivity index (χ4n) is 4.91. The maximum atomic E-state index is 4.22. The van der Waals surface area contributed by atoms with Crippen molar-refractivity contribution in [3.05, 3.63) is 152 Å². The number of hydrogen-bond acceptors (Lipinski definition) is 2. The standard InChI is InChI=1S/C25H15N2S.C11H8N.Ir/c1-2-9-18(10-3-1)26-17-27(22-14-6-5-13-21(22)26)23-15-8-12-20-19-11-4-7-16-24(19)28-25(20)23;1-2-6-10(7-3-1)11-8-4-5-9-12-11;/h1-14,16H;1-6,8-9H;/q+1;-1;. The molecule has 8 rings (SSSR count). The molecule has 41 heavy (non-hydrogen) atoms. The molecular weight excluding hydrogens is 699 g/mol. The number of nitrogens with zero attached hydrogens (tertiary/aromatic N) is 3. The van der Waals surface area contributed by atoms with Crippen LogP contribution in [0.4, 0.5) is 22.7 Å². The Kier molecular flexibility index (Phi) is 7.77. The molecule has 5 heteroatoms. The zero-order chi connectivity index (χ0) is 26.7. The topological polar surface area (TPSA) is 18.9 Å². The van der Waals surface area contributed by atoms with Gasteiger partial charge in [0, 0.05) is 55.3 Å². The van der Waals surface area contributed by atoms with Crippen molar-refractivity contribution in [2.45, 2.75) is 0 Å². The Bertz CT molecular complexity index is 1990. The molecule has 0 saturated carbocycles. The summed E-state index contributed by atoms with van der Waals surface area (Å²) in [5, 5.41) is 2.57. The van der Waals surface area contributed by atoms with Crippen LogP contribution in [0.3, 0.4) is 0 Å². The molecule has 1 aliphatic rings. The van der Waals surface area contributed by atoms with Crippen LogP contribution < -0.4 is 9.15 Å². The third kappa shape index (κ3) is 5.20. The van der Waals surface area contributed by atoms with Gasteiger partial charge in [-0.15, -0.1) is 47.3 Å². The van der Waals surface area contributed by atoms with E-state index in [1.165, 1.54) is 20.2 Å². The van der Waals surface area contributed by atoms with Crippen molar-refractivity contribution < 1.29 is 20.1 Å². The molecular formula is C36H23IrN3S. The normalized spacial score (nSPS) is 11.6. The molecule has 1 radical (unpaired) electrons. The van der Waals surface area contributed by atoms with E-state index < -0.39 is 0 Å². The van der Waals surface area contributed by atoms with Crippen LogP contribution in [0.1, 0.15) is 0 Å². The molecule has 197 valence electrons. The largest absolute Gasteiger partial charge is 0.501 e. The molecule has 2 aromatic heterocycles. The fourth-order valence-corrected chi connectivity index (χ4v) is 6.10.